The fourth-order valence-electron chi connectivity index (χ4n) is 2.50. The topological polar surface area (TPSA) is 41.5 Å². The molecular formula is C16H26ClNO2. The largest absolute Gasteiger partial charge is 0.491 e. The van der Waals surface area contributed by atoms with Gasteiger partial charge in [-0.25, -0.2) is 0 Å². The number of aliphatic hydroxyl groups excluding tert-OH is 1. The summed E-state index contributed by atoms with van der Waals surface area (Å²) >= 11 is 0. The molecule has 114 valence electrons. The number of ether oxygens (including phenoxy) is 1. The van der Waals surface area contributed by atoms with Crippen molar-refractivity contribution in [2.75, 3.05) is 13.2 Å². The van der Waals surface area contributed by atoms with E-state index in [1.54, 1.807) is 0 Å². The number of hydrogen-bond donors (Lipinski definition) is 2. The average Bonchev–Trinajstić information content (AvgIpc) is 2.42. The highest BCUT2D eigenvalue weighted by Gasteiger charge is 2.14. The van der Waals surface area contributed by atoms with Gasteiger partial charge in [0.1, 0.15) is 18.5 Å². The normalized spacial score (nSPS) is 15.4. The molecule has 0 heterocycles. The molecule has 0 aliphatic heterocycles. The summed E-state index contributed by atoms with van der Waals surface area (Å²) in [6.07, 6.45) is 4.32. The lowest BCUT2D eigenvalue weighted by atomic mass is 9.91. The zero-order valence-electron chi connectivity index (χ0n) is 12.4. The summed E-state index contributed by atoms with van der Waals surface area (Å²) in [5, 5.41) is 13.1. The summed E-state index contributed by atoms with van der Waals surface area (Å²) in [5.74, 6) is 0.959. The Balaban J connectivity index is 0.00000200. The van der Waals surface area contributed by atoms with Crippen LogP contribution in [-0.4, -0.2) is 30.4 Å². The molecule has 1 aliphatic carbocycles. The number of benzene rings is 1. The maximum absolute atomic E-state index is 9.88. The fraction of sp³-hybridized carbons (Fsp3) is 0.625. The Morgan fingerprint density at radius 1 is 1.25 bits per heavy atom. The maximum Gasteiger partial charge on any atom is 0.122 e. The van der Waals surface area contributed by atoms with Crippen molar-refractivity contribution in [2.24, 2.45) is 0 Å². The van der Waals surface area contributed by atoms with Crippen molar-refractivity contribution in [1.82, 2.24) is 5.32 Å². The van der Waals surface area contributed by atoms with Gasteiger partial charge in [-0.15, -0.1) is 12.4 Å². The van der Waals surface area contributed by atoms with E-state index >= 15 is 0 Å². The van der Waals surface area contributed by atoms with Gasteiger partial charge >= 0.3 is 0 Å². The molecule has 0 fully saturated rings. The van der Waals surface area contributed by atoms with E-state index in [4.69, 9.17) is 4.74 Å². The lowest BCUT2D eigenvalue weighted by Crippen LogP contribution is -2.35. The first-order valence-corrected chi connectivity index (χ1v) is 7.32. The van der Waals surface area contributed by atoms with E-state index in [0.29, 0.717) is 19.2 Å². The number of halogens is 1. The highest BCUT2D eigenvalue weighted by atomic mass is 35.5. The zero-order valence-corrected chi connectivity index (χ0v) is 13.2. The number of nitrogens with one attached hydrogen (secondary N) is 1. The van der Waals surface area contributed by atoms with Crippen LogP contribution in [-0.2, 0) is 12.8 Å². The predicted octanol–water partition coefficient (Wildman–Crippen LogP) is 2.72. The van der Waals surface area contributed by atoms with E-state index < -0.39 is 6.10 Å². The van der Waals surface area contributed by atoms with E-state index in [9.17, 15) is 5.11 Å². The molecule has 20 heavy (non-hydrogen) atoms. The van der Waals surface area contributed by atoms with Gasteiger partial charge < -0.3 is 15.2 Å². The molecule has 0 bridgehead atoms. The quantitative estimate of drug-likeness (QED) is 0.849. The molecule has 4 heteroatoms. The van der Waals surface area contributed by atoms with Crippen LogP contribution in [0.15, 0.2) is 18.2 Å². The van der Waals surface area contributed by atoms with Crippen molar-refractivity contribution in [3.63, 3.8) is 0 Å². The molecule has 1 unspecified atom stereocenters. The van der Waals surface area contributed by atoms with Crippen molar-refractivity contribution in [3.8, 4) is 5.75 Å². The highest BCUT2D eigenvalue weighted by Crippen LogP contribution is 2.29. The minimum Gasteiger partial charge on any atom is -0.491 e. The Morgan fingerprint density at radius 3 is 2.75 bits per heavy atom. The lowest BCUT2D eigenvalue weighted by Gasteiger charge is -2.21. The van der Waals surface area contributed by atoms with Crippen LogP contribution in [0.1, 0.15) is 37.8 Å². The number of hydrogen-bond acceptors (Lipinski definition) is 3. The van der Waals surface area contributed by atoms with E-state index in [0.717, 1.165) is 18.6 Å². The summed E-state index contributed by atoms with van der Waals surface area (Å²) in [6, 6.07) is 6.66. The smallest absolute Gasteiger partial charge is 0.122 e. The average molecular weight is 300 g/mol. The van der Waals surface area contributed by atoms with E-state index in [1.807, 2.05) is 6.07 Å². The number of aliphatic hydroxyl groups is 1. The van der Waals surface area contributed by atoms with Gasteiger partial charge in [-0.05, 0) is 42.9 Å². The molecule has 2 rings (SSSR count). The van der Waals surface area contributed by atoms with Gasteiger partial charge in [0, 0.05) is 12.6 Å². The van der Waals surface area contributed by atoms with Crippen LogP contribution in [0.5, 0.6) is 5.75 Å². The Bertz CT molecular complexity index is 409. The van der Waals surface area contributed by atoms with Gasteiger partial charge in [0.05, 0.1) is 0 Å². The molecule has 1 aromatic carbocycles. The third-order valence-corrected chi connectivity index (χ3v) is 3.55. The van der Waals surface area contributed by atoms with Crippen molar-refractivity contribution < 1.29 is 9.84 Å². The molecule has 0 spiro atoms. The second kappa shape index (κ2) is 8.50. The van der Waals surface area contributed by atoms with Crippen molar-refractivity contribution >= 4 is 12.4 Å². The molecule has 0 saturated carbocycles. The first-order valence-electron chi connectivity index (χ1n) is 7.32. The van der Waals surface area contributed by atoms with Gasteiger partial charge in [0.25, 0.3) is 0 Å². The lowest BCUT2D eigenvalue weighted by molar-refractivity contribution is 0.104. The van der Waals surface area contributed by atoms with Gasteiger partial charge in [-0.1, -0.05) is 26.0 Å². The van der Waals surface area contributed by atoms with Crippen molar-refractivity contribution in [2.45, 2.75) is 51.7 Å². The Morgan fingerprint density at radius 2 is 2.00 bits per heavy atom. The Labute approximate surface area is 128 Å². The molecule has 0 aromatic heterocycles. The van der Waals surface area contributed by atoms with E-state index in [1.165, 1.54) is 24.0 Å². The Hall–Kier alpha value is -0.770. The highest BCUT2D eigenvalue weighted by molar-refractivity contribution is 5.85. The second-order valence-corrected chi connectivity index (χ2v) is 5.63. The van der Waals surface area contributed by atoms with Crippen LogP contribution in [0.25, 0.3) is 0 Å². The van der Waals surface area contributed by atoms with Gasteiger partial charge in [0.2, 0.25) is 0 Å². The van der Waals surface area contributed by atoms with Gasteiger partial charge in [-0.2, -0.15) is 0 Å². The predicted molar refractivity (Wildman–Crippen MR) is 85.0 cm³/mol. The third-order valence-electron chi connectivity index (χ3n) is 3.55. The molecule has 3 nitrogen and oxygen atoms in total. The van der Waals surface area contributed by atoms with Crippen molar-refractivity contribution in [3.05, 3.63) is 29.3 Å². The molecule has 0 radical (unpaired) electrons. The van der Waals surface area contributed by atoms with Crippen LogP contribution < -0.4 is 10.1 Å². The first-order chi connectivity index (χ1) is 9.16. The molecule has 1 aliphatic rings. The molecular weight excluding hydrogens is 274 g/mol. The summed E-state index contributed by atoms with van der Waals surface area (Å²) < 4.78 is 5.81. The van der Waals surface area contributed by atoms with Crippen LogP contribution in [0, 0.1) is 0 Å². The monoisotopic (exact) mass is 299 g/mol. The standard InChI is InChI=1S/C16H25NO2.ClH/c1-12(2)17-10-14(18)11-19-16-9-5-7-13-6-3-4-8-15(13)16;/h5,7,9,12,14,17-18H,3-4,6,8,10-11H2,1-2H3;1H. The summed E-state index contributed by atoms with van der Waals surface area (Å²) in [7, 11) is 0. The molecule has 0 amide bonds. The van der Waals surface area contributed by atoms with Gasteiger partial charge in [-0.3, -0.25) is 0 Å². The minimum atomic E-state index is -0.457. The van der Waals surface area contributed by atoms with E-state index in [-0.39, 0.29) is 12.4 Å². The van der Waals surface area contributed by atoms with E-state index in [2.05, 4.69) is 31.3 Å². The van der Waals surface area contributed by atoms with Crippen molar-refractivity contribution in [1.29, 1.82) is 0 Å². The second-order valence-electron chi connectivity index (χ2n) is 5.63. The molecule has 1 atom stereocenters. The zero-order chi connectivity index (χ0) is 13.7. The van der Waals surface area contributed by atoms with Crippen LogP contribution in [0.2, 0.25) is 0 Å². The number of aryl methyl sites for hydroxylation is 1. The maximum atomic E-state index is 9.88. The number of fused-ring (bicyclic) bond motifs is 1. The fourth-order valence-corrected chi connectivity index (χ4v) is 2.50. The minimum absolute atomic E-state index is 0. The molecule has 0 saturated heterocycles. The summed E-state index contributed by atoms with van der Waals surface area (Å²) in [4.78, 5) is 0. The SMILES string of the molecule is CC(C)NCC(O)COc1cccc2c1CCCC2.Cl. The van der Waals surface area contributed by atoms with Crippen LogP contribution in [0.3, 0.4) is 0 Å². The van der Waals surface area contributed by atoms with Crippen LogP contribution >= 0.6 is 12.4 Å². The summed E-state index contributed by atoms with van der Waals surface area (Å²) in [5.41, 5.74) is 2.76. The molecule has 1 aromatic rings. The van der Waals surface area contributed by atoms with Crippen LogP contribution in [0.4, 0.5) is 0 Å². The number of rotatable bonds is 6. The van der Waals surface area contributed by atoms with Gasteiger partial charge in [0.15, 0.2) is 0 Å². The Kier molecular flexibility index (Phi) is 7.35. The molecule has 2 N–H and O–H groups in total. The third kappa shape index (κ3) is 4.97. The first kappa shape index (κ1) is 17.3. The summed E-state index contributed by atoms with van der Waals surface area (Å²) in [6.45, 7) is 5.07.